The Bertz CT molecular complexity index is 1030. The molecule has 0 unspecified atom stereocenters. The zero-order valence-corrected chi connectivity index (χ0v) is 18.6. The molecule has 1 aliphatic heterocycles. The molecular formula is C25H30ClN3O. The van der Waals surface area contributed by atoms with Crippen molar-refractivity contribution in [3.05, 3.63) is 58.7 Å². The summed E-state index contributed by atoms with van der Waals surface area (Å²) in [7, 11) is 1.98. The van der Waals surface area contributed by atoms with E-state index in [9.17, 15) is 4.79 Å². The molecule has 5 heteroatoms. The summed E-state index contributed by atoms with van der Waals surface area (Å²) in [6, 6.07) is 14.3. The van der Waals surface area contributed by atoms with Gasteiger partial charge in [0.1, 0.15) is 5.69 Å². The summed E-state index contributed by atoms with van der Waals surface area (Å²) in [5.74, 6) is -0.0197. The van der Waals surface area contributed by atoms with Crippen LogP contribution in [0.4, 0.5) is 0 Å². The molecule has 1 saturated heterocycles. The van der Waals surface area contributed by atoms with E-state index in [0.717, 1.165) is 48.1 Å². The minimum Gasteiger partial charge on any atom is -0.349 e. The summed E-state index contributed by atoms with van der Waals surface area (Å²) in [6.45, 7) is 6.01. The first-order chi connectivity index (χ1) is 14.6. The van der Waals surface area contributed by atoms with Gasteiger partial charge in [-0.3, -0.25) is 4.79 Å². The minimum atomic E-state index is -0.0197. The summed E-state index contributed by atoms with van der Waals surface area (Å²) >= 11 is 6.13. The lowest BCUT2D eigenvalue weighted by atomic mass is 9.99. The molecule has 1 aromatic heterocycles. The largest absolute Gasteiger partial charge is 0.349 e. The van der Waals surface area contributed by atoms with E-state index in [1.54, 1.807) is 0 Å². The molecule has 1 N–H and O–H groups in total. The van der Waals surface area contributed by atoms with Gasteiger partial charge in [0.05, 0.1) is 0 Å². The fraction of sp³-hybridized carbons (Fsp3) is 0.400. The Morgan fingerprint density at radius 3 is 2.50 bits per heavy atom. The molecule has 158 valence electrons. The van der Waals surface area contributed by atoms with Crippen molar-refractivity contribution in [1.29, 1.82) is 0 Å². The van der Waals surface area contributed by atoms with Gasteiger partial charge in [-0.2, -0.15) is 0 Å². The number of rotatable bonds is 6. The van der Waals surface area contributed by atoms with Crippen LogP contribution in [0.3, 0.4) is 0 Å². The van der Waals surface area contributed by atoms with Crippen molar-refractivity contribution in [3.8, 4) is 11.1 Å². The Kier molecular flexibility index (Phi) is 6.45. The predicted octanol–water partition coefficient (Wildman–Crippen LogP) is 5.28. The van der Waals surface area contributed by atoms with E-state index < -0.39 is 0 Å². The molecule has 1 amide bonds. The number of carbonyl (C=O) groups is 1. The van der Waals surface area contributed by atoms with Crippen LogP contribution >= 0.6 is 11.6 Å². The van der Waals surface area contributed by atoms with Gasteiger partial charge in [-0.25, -0.2) is 0 Å². The van der Waals surface area contributed by atoms with E-state index in [1.165, 1.54) is 24.8 Å². The molecule has 3 aromatic rings. The second-order valence-corrected chi connectivity index (χ2v) is 8.59. The first-order valence-corrected chi connectivity index (χ1v) is 11.3. The molecular weight excluding hydrogens is 394 g/mol. The van der Waals surface area contributed by atoms with Gasteiger partial charge in [0.25, 0.3) is 5.91 Å². The number of nitrogens with zero attached hydrogens (tertiary/aromatic N) is 2. The third kappa shape index (κ3) is 4.26. The van der Waals surface area contributed by atoms with Crippen LogP contribution in [-0.2, 0) is 13.5 Å². The topological polar surface area (TPSA) is 37.3 Å². The number of hydrogen-bond acceptors (Lipinski definition) is 2. The van der Waals surface area contributed by atoms with E-state index in [1.807, 2.05) is 35.9 Å². The van der Waals surface area contributed by atoms with Crippen LogP contribution in [0.1, 0.15) is 42.2 Å². The number of halogens is 1. The van der Waals surface area contributed by atoms with Crippen molar-refractivity contribution in [2.24, 2.45) is 7.05 Å². The molecule has 1 aliphatic rings. The van der Waals surface area contributed by atoms with Crippen LogP contribution in [-0.4, -0.2) is 41.6 Å². The standard InChI is InChI=1S/C25H30ClN3O/c1-3-18-7-12-22-21(17-18)23(19-8-10-20(26)11-9-19)24(28(22)2)25(30)27-13-16-29-14-5-4-6-15-29/h7-12,17H,3-6,13-16H2,1-2H3,(H,27,30). The van der Waals surface area contributed by atoms with E-state index in [0.29, 0.717) is 17.3 Å². The summed E-state index contributed by atoms with van der Waals surface area (Å²) in [6.07, 6.45) is 4.81. The molecule has 0 bridgehead atoms. The van der Waals surface area contributed by atoms with Crippen LogP contribution in [0.15, 0.2) is 42.5 Å². The van der Waals surface area contributed by atoms with Crippen molar-refractivity contribution in [2.75, 3.05) is 26.2 Å². The smallest absolute Gasteiger partial charge is 0.268 e. The van der Waals surface area contributed by atoms with Crippen molar-refractivity contribution in [1.82, 2.24) is 14.8 Å². The fourth-order valence-corrected chi connectivity index (χ4v) is 4.61. The normalized spacial score (nSPS) is 14.9. The number of hydrogen-bond donors (Lipinski definition) is 1. The quantitative estimate of drug-likeness (QED) is 0.585. The number of amides is 1. The molecule has 2 heterocycles. The number of likely N-dealkylation sites (tertiary alicyclic amines) is 1. The number of benzene rings is 2. The maximum Gasteiger partial charge on any atom is 0.268 e. The number of piperidine rings is 1. The van der Waals surface area contributed by atoms with Crippen molar-refractivity contribution >= 4 is 28.4 Å². The lowest BCUT2D eigenvalue weighted by Gasteiger charge is -2.26. The molecule has 2 aromatic carbocycles. The van der Waals surface area contributed by atoms with Gasteiger partial charge in [0.2, 0.25) is 0 Å². The third-order valence-corrected chi connectivity index (χ3v) is 6.43. The van der Waals surface area contributed by atoms with Gasteiger partial charge < -0.3 is 14.8 Å². The highest BCUT2D eigenvalue weighted by molar-refractivity contribution is 6.30. The Balaban J connectivity index is 1.68. The molecule has 4 rings (SSSR count). The van der Waals surface area contributed by atoms with Gasteiger partial charge in [-0.15, -0.1) is 0 Å². The summed E-state index contributed by atoms with van der Waals surface area (Å²) < 4.78 is 2.02. The Labute approximate surface area is 183 Å². The zero-order chi connectivity index (χ0) is 21.1. The van der Waals surface area contributed by atoms with Crippen LogP contribution < -0.4 is 5.32 Å². The van der Waals surface area contributed by atoms with Crippen LogP contribution in [0.5, 0.6) is 0 Å². The van der Waals surface area contributed by atoms with Gasteiger partial charge in [0.15, 0.2) is 0 Å². The SMILES string of the molecule is CCc1ccc2c(c1)c(-c1ccc(Cl)cc1)c(C(=O)NCCN1CCCCC1)n2C. The first-order valence-electron chi connectivity index (χ1n) is 11.0. The predicted molar refractivity (Wildman–Crippen MR) is 125 cm³/mol. The van der Waals surface area contributed by atoms with E-state index in [-0.39, 0.29) is 5.91 Å². The fourth-order valence-electron chi connectivity index (χ4n) is 4.48. The highest BCUT2D eigenvalue weighted by Gasteiger charge is 2.22. The minimum absolute atomic E-state index is 0.0197. The lowest BCUT2D eigenvalue weighted by molar-refractivity contribution is 0.0939. The summed E-state index contributed by atoms with van der Waals surface area (Å²) in [5, 5.41) is 4.98. The number of carbonyl (C=O) groups excluding carboxylic acids is 1. The van der Waals surface area contributed by atoms with Gasteiger partial charge in [0, 0.05) is 41.6 Å². The molecule has 0 aliphatic carbocycles. The Morgan fingerprint density at radius 1 is 1.07 bits per heavy atom. The monoisotopic (exact) mass is 423 g/mol. The maximum atomic E-state index is 13.3. The van der Waals surface area contributed by atoms with E-state index >= 15 is 0 Å². The highest BCUT2D eigenvalue weighted by atomic mass is 35.5. The van der Waals surface area contributed by atoms with Crippen molar-refractivity contribution < 1.29 is 4.79 Å². The van der Waals surface area contributed by atoms with E-state index in [4.69, 9.17) is 11.6 Å². The number of aryl methyl sites for hydroxylation is 2. The Morgan fingerprint density at radius 2 is 1.80 bits per heavy atom. The van der Waals surface area contributed by atoms with Crippen LogP contribution in [0.2, 0.25) is 5.02 Å². The molecule has 0 atom stereocenters. The number of aromatic nitrogens is 1. The van der Waals surface area contributed by atoms with Crippen molar-refractivity contribution in [3.63, 3.8) is 0 Å². The second-order valence-electron chi connectivity index (χ2n) is 8.15. The maximum absolute atomic E-state index is 13.3. The number of fused-ring (bicyclic) bond motifs is 1. The summed E-state index contributed by atoms with van der Waals surface area (Å²) in [4.78, 5) is 15.8. The van der Waals surface area contributed by atoms with Crippen LogP contribution in [0, 0.1) is 0 Å². The average Bonchev–Trinajstić information content (AvgIpc) is 3.06. The average molecular weight is 424 g/mol. The highest BCUT2D eigenvalue weighted by Crippen LogP contribution is 2.35. The molecule has 30 heavy (non-hydrogen) atoms. The van der Waals surface area contributed by atoms with E-state index in [2.05, 4.69) is 35.3 Å². The Hall–Kier alpha value is -2.30. The molecule has 0 saturated carbocycles. The number of nitrogens with one attached hydrogen (secondary N) is 1. The molecule has 1 fully saturated rings. The molecule has 0 spiro atoms. The van der Waals surface area contributed by atoms with Crippen molar-refractivity contribution in [2.45, 2.75) is 32.6 Å². The third-order valence-electron chi connectivity index (χ3n) is 6.18. The van der Waals surface area contributed by atoms with Gasteiger partial charge >= 0.3 is 0 Å². The molecule has 0 radical (unpaired) electrons. The van der Waals surface area contributed by atoms with Gasteiger partial charge in [-0.1, -0.05) is 43.1 Å². The zero-order valence-electron chi connectivity index (χ0n) is 17.9. The summed E-state index contributed by atoms with van der Waals surface area (Å²) in [5.41, 5.74) is 5.03. The second kappa shape index (κ2) is 9.23. The van der Waals surface area contributed by atoms with Crippen LogP contribution in [0.25, 0.3) is 22.0 Å². The first kappa shape index (κ1) is 21.0. The lowest BCUT2D eigenvalue weighted by Crippen LogP contribution is -2.38. The molecule has 4 nitrogen and oxygen atoms in total. The van der Waals surface area contributed by atoms with Gasteiger partial charge in [-0.05, 0) is 67.7 Å².